The Labute approximate surface area is 119 Å². The first-order valence-corrected chi connectivity index (χ1v) is 6.43. The molecule has 0 radical (unpaired) electrons. The van der Waals surface area contributed by atoms with Gasteiger partial charge in [0.25, 0.3) is 5.91 Å². The molecular weight excluding hydrogens is 258 g/mol. The second kappa shape index (κ2) is 7.16. The van der Waals surface area contributed by atoms with Gasteiger partial charge in [-0.3, -0.25) is 4.79 Å². The second-order valence-electron chi connectivity index (χ2n) is 5.22. The Hall–Kier alpha value is -1.73. The highest BCUT2D eigenvalue weighted by atomic mass is 16.3. The Morgan fingerprint density at radius 3 is 2.55 bits per heavy atom. The first kappa shape index (κ1) is 16.3. The number of aromatic nitrogens is 2. The van der Waals surface area contributed by atoms with Crippen molar-refractivity contribution in [1.82, 2.24) is 20.2 Å². The lowest BCUT2D eigenvalue weighted by molar-refractivity contribution is 0.0887. The number of rotatable bonds is 6. The molecule has 1 unspecified atom stereocenters. The lowest BCUT2D eigenvalue weighted by Gasteiger charge is -2.16. The molecular formula is C13H23N5O2. The summed E-state index contributed by atoms with van der Waals surface area (Å²) >= 11 is 0. The van der Waals surface area contributed by atoms with Crippen LogP contribution in [-0.4, -0.2) is 73.3 Å². The summed E-state index contributed by atoms with van der Waals surface area (Å²) in [5, 5.41) is 12.4. The number of aliphatic hydroxyl groups is 1. The molecule has 0 aromatic carbocycles. The number of hydrogen-bond acceptors (Lipinski definition) is 6. The van der Waals surface area contributed by atoms with Crippen LogP contribution in [0, 0.1) is 6.92 Å². The van der Waals surface area contributed by atoms with Gasteiger partial charge in [-0.2, -0.15) is 0 Å². The van der Waals surface area contributed by atoms with Crippen LogP contribution in [0.3, 0.4) is 0 Å². The van der Waals surface area contributed by atoms with Crippen molar-refractivity contribution >= 4 is 11.9 Å². The van der Waals surface area contributed by atoms with Gasteiger partial charge in [-0.25, -0.2) is 9.97 Å². The van der Waals surface area contributed by atoms with Gasteiger partial charge in [0.15, 0.2) is 0 Å². The van der Waals surface area contributed by atoms with Gasteiger partial charge < -0.3 is 20.2 Å². The van der Waals surface area contributed by atoms with Gasteiger partial charge in [-0.15, -0.1) is 0 Å². The summed E-state index contributed by atoms with van der Waals surface area (Å²) in [6.07, 6.45) is -0.606. The Morgan fingerprint density at radius 1 is 1.35 bits per heavy atom. The summed E-state index contributed by atoms with van der Waals surface area (Å²) in [7, 11) is 7.36. The molecule has 2 N–H and O–H groups in total. The molecule has 1 aromatic rings. The highest BCUT2D eigenvalue weighted by Crippen LogP contribution is 2.07. The Balaban J connectivity index is 2.68. The highest BCUT2D eigenvalue weighted by molar-refractivity contribution is 5.92. The molecule has 0 bridgehead atoms. The number of amides is 1. The summed E-state index contributed by atoms with van der Waals surface area (Å²) in [6, 6.07) is 1.63. The number of carbonyl (C=O) groups excluding carboxylic acids is 1. The topological polar surface area (TPSA) is 81.6 Å². The summed E-state index contributed by atoms with van der Waals surface area (Å²) in [5.74, 6) is 0.181. The zero-order chi connectivity index (χ0) is 15.3. The van der Waals surface area contributed by atoms with Crippen LogP contribution < -0.4 is 10.2 Å². The van der Waals surface area contributed by atoms with Crippen molar-refractivity contribution in [3.63, 3.8) is 0 Å². The molecule has 7 heteroatoms. The number of carbonyl (C=O) groups is 1. The Morgan fingerprint density at radius 2 is 2.00 bits per heavy atom. The molecule has 1 amide bonds. The predicted molar refractivity (Wildman–Crippen MR) is 78.0 cm³/mol. The quantitative estimate of drug-likeness (QED) is 0.732. The van der Waals surface area contributed by atoms with Crippen LogP contribution in [0.15, 0.2) is 6.07 Å². The van der Waals surface area contributed by atoms with E-state index in [1.807, 2.05) is 40.0 Å². The van der Waals surface area contributed by atoms with Crippen molar-refractivity contribution in [1.29, 1.82) is 0 Å². The number of nitrogens with zero attached hydrogens (tertiary/aromatic N) is 4. The largest absolute Gasteiger partial charge is 0.390 e. The normalized spacial score (nSPS) is 12.3. The minimum Gasteiger partial charge on any atom is -0.390 e. The Kier molecular flexibility index (Phi) is 5.84. The van der Waals surface area contributed by atoms with E-state index in [1.165, 1.54) is 0 Å². The van der Waals surface area contributed by atoms with E-state index in [9.17, 15) is 9.90 Å². The van der Waals surface area contributed by atoms with Crippen LogP contribution in [0.25, 0.3) is 0 Å². The second-order valence-corrected chi connectivity index (χ2v) is 5.22. The maximum Gasteiger partial charge on any atom is 0.270 e. The van der Waals surface area contributed by atoms with E-state index < -0.39 is 6.10 Å². The van der Waals surface area contributed by atoms with Crippen molar-refractivity contribution in [2.75, 3.05) is 46.2 Å². The predicted octanol–water partition coefficient (Wildman–Crippen LogP) is -0.497. The molecule has 1 rings (SSSR count). The number of aliphatic hydroxyl groups excluding tert-OH is 1. The Bertz CT molecular complexity index is 462. The van der Waals surface area contributed by atoms with E-state index in [2.05, 4.69) is 15.3 Å². The number of nitrogens with one attached hydrogen (secondary N) is 1. The van der Waals surface area contributed by atoms with E-state index in [0.717, 1.165) is 5.69 Å². The van der Waals surface area contributed by atoms with Gasteiger partial charge in [-0.05, 0) is 27.1 Å². The average Bonchev–Trinajstić information content (AvgIpc) is 2.34. The van der Waals surface area contributed by atoms with Crippen LogP contribution in [0.1, 0.15) is 16.2 Å². The summed E-state index contributed by atoms with van der Waals surface area (Å²) in [6.45, 7) is 2.50. The zero-order valence-corrected chi connectivity index (χ0v) is 12.7. The SMILES string of the molecule is Cc1cc(C(=O)NCC(O)CN(C)C)nc(N(C)C)n1. The lowest BCUT2D eigenvalue weighted by atomic mass is 10.3. The number of hydrogen-bond donors (Lipinski definition) is 2. The van der Waals surface area contributed by atoms with E-state index in [0.29, 0.717) is 18.2 Å². The summed E-state index contributed by atoms with van der Waals surface area (Å²) in [4.78, 5) is 24.0. The van der Waals surface area contributed by atoms with E-state index in [-0.39, 0.29) is 12.5 Å². The molecule has 0 saturated carbocycles. The molecule has 0 saturated heterocycles. The molecule has 20 heavy (non-hydrogen) atoms. The molecule has 0 spiro atoms. The van der Waals surface area contributed by atoms with E-state index in [4.69, 9.17) is 0 Å². The maximum atomic E-state index is 12.0. The van der Waals surface area contributed by atoms with Crippen molar-refractivity contribution < 1.29 is 9.90 Å². The van der Waals surface area contributed by atoms with Crippen molar-refractivity contribution in [3.8, 4) is 0 Å². The molecule has 1 heterocycles. The minimum absolute atomic E-state index is 0.192. The monoisotopic (exact) mass is 281 g/mol. The average molecular weight is 281 g/mol. The molecule has 0 aliphatic heterocycles. The summed E-state index contributed by atoms with van der Waals surface area (Å²) in [5.41, 5.74) is 1.03. The standard InChI is InChI=1S/C13H23N5O2/c1-9-6-11(16-13(15-9)18(4)5)12(20)14-7-10(19)8-17(2)3/h6,10,19H,7-8H2,1-5H3,(H,14,20). The molecule has 0 fully saturated rings. The van der Waals surface area contributed by atoms with Crippen LogP contribution >= 0.6 is 0 Å². The third kappa shape index (κ3) is 5.10. The third-order valence-corrected chi connectivity index (χ3v) is 2.55. The van der Waals surface area contributed by atoms with Crippen molar-refractivity contribution in [3.05, 3.63) is 17.5 Å². The molecule has 1 atom stereocenters. The maximum absolute atomic E-state index is 12.0. The number of likely N-dealkylation sites (N-methyl/N-ethyl adjacent to an activating group) is 1. The number of anilines is 1. The van der Waals surface area contributed by atoms with Gasteiger partial charge in [-0.1, -0.05) is 0 Å². The van der Waals surface area contributed by atoms with Crippen LogP contribution in [0.4, 0.5) is 5.95 Å². The van der Waals surface area contributed by atoms with E-state index in [1.54, 1.807) is 11.0 Å². The lowest BCUT2D eigenvalue weighted by Crippen LogP contribution is -2.38. The summed E-state index contributed by atoms with van der Waals surface area (Å²) < 4.78 is 0. The fourth-order valence-electron chi connectivity index (χ4n) is 1.66. The van der Waals surface area contributed by atoms with Gasteiger partial charge in [0.05, 0.1) is 6.10 Å². The first-order chi connectivity index (χ1) is 9.29. The smallest absolute Gasteiger partial charge is 0.270 e. The molecule has 0 aliphatic carbocycles. The fourth-order valence-corrected chi connectivity index (χ4v) is 1.66. The first-order valence-electron chi connectivity index (χ1n) is 6.43. The van der Waals surface area contributed by atoms with Crippen LogP contribution in [0.2, 0.25) is 0 Å². The zero-order valence-electron chi connectivity index (χ0n) is 12.7. The van der Waals surface area contributed by atoms with Gasteiger partial charge in [0.2, 0.25) is 5.95 Å². The molecule has 1 aromatic heterocycles. The highest BCUT2D eigenvalue weighted by Gasteiger charge is 2.13. The fraction of sp³-hybridized carbons (Fsp3) is 0.615. The van der Waals surface area contributed by atoms with Crippen molar-refractivity contribution in [2.45, 2.75) is 13.0 Å². The van der Waals surface area contributed by atoms with Crippen LogP contribution in [-0.2, 0) is 0 Å². The van der Waals surface area contributed by atoms with Crippen LogP contribution in [0.5, 0.6) is 0 Å². The molecule has 0 aliphatic rings. The van der Waals surface area contributed by atoms with Crippen molar-refractivity contribution in [2.24, 2.45) is 0 Å². The molecule has 7 nitrogen and oxygen atoms in total. The molecule has 112 valence electrons. The van der Waals surface area contributed by atoms with Gasteiger partial charge >= 0.3 is 0 Å². The third-order valence-electron chi connectivity index (χ3n) is 2.55. The minimum atomic E-state index is -0.606. The number of aryl methyl sites for hydroxylation is 1. The van der Waals surface area contributed by atoms with E-state index >= 15 is 0 Å². The van der Waals surface area contributed by atoms with Gasteiger partial charge in [0.1, 0.15) is 5.69 Å². The van der Waals surface area contributed by atoms with Gasteiger partial charge in [0, 0.05) is 32.9 Å².